The van der Waals surface area contributed by atoms with Crippen molar-refractivity contribution in [3.05, 3.63) is 64.9 Å². The number of aromatic nitrogens is 2. The van der Waals surface area contributed by atoms with Crippen LogP contribution < -0.4 is 19.1 Å². The smallest absolute Gasteiger partial charge is 0.229 e. The fraction of sp³-hybridized carbons (Fsp3) is 0.407. The first kappa shape index (κ1) is 24.2. The fourth-order valence-electron chi connectivity index (χ4n) is 4.76. The molecule has 3 aromatic rings. The van der Waals surface area contributed by atoms with E-state index in [1.54, 1.807) is 14.2 Å². The Kier molecular flexibility index (Phi) is 7.18. The zero-order valence-corrected chi connectivity index (χ0v) is 20.6. The van der Waals surface area contributed by atoms with E-state index in [2.05, 4.69) is 9.80 Å². The molecule has 2 aliphatic rings. The number of anilines is 1. The third-order valence-electron chi connectivity index (χ3n) is 6.65. The van der Waals surface area contributed by atoms with Gasteiger partial charge in [-0.05, 0) is 49.1 Å². The molecule has 0 saturated carbocycles. The highest BCUT2D eigenvalue weighted by molar-refractivity contribution is 5.44. The number of ether oxygens (including phenoxy) is 3. The third kappa shape index (κ3) is 5.36. The predicted octanol–water partition coefficient (Wildman–Crippen LogP) is 5.11. The molecule has 0 aliphatic carbocycles. The monoisotopic (exact) mass is 496 g/mol. The minimum atomic E-state index is -0.766. The number of hydrogen-bond acceptors (Lipinski definition) is 7. The Morgan fingerprint density at radius 2 is 1.64 bits per heavy atom. The molecule has 7 nitrogen and oxygen atoms in total. The van der Waals surface area contributed by atoms with Crippen LogP contribution in [0.3, 0.4) is 0 Å². The summed E-state index contributed by atoms with van der Waals surface area (Å²) in [5, 5.41) is 0. The van der Waals surface area contributed by atoms with Gasteiger partial charge in [-0.15, -0.1) is 0 Å². The Bertz CT molecular complexity index is 1210. The van der Waals surface area contributed by atoms with E-state index in [1.807, 2.05) is 18.2 Å². The summed E-state index contributed by atoms with van der Waals surface area (Å²) in [5.74, 6) is 0.906. The first-order valence-electron chi connectivity index (χ1n) is 12.2. The molecule has 190 valence electrons. The highest BCUT2D eigenvalue weighted by Gasteiger charge is 2.27. The van der Waals surface area contributed by atoms with E-state index in [-0.39, 0.29) is 5.75 Å². The minimum Gasteiger partial charge on any atom is -0.497 e. The second-order valence-electron chi connectivity index (χ2n) is 9.16. The average Bonchev–Trinajstić information content (AvgIpc) is 2.90. The highest BCUT2D eigenvalue weighted by atomic mass is 19.1. The molecule has 0 spiro atoms. The Hall–Kier alpha value is -3.46. The van der Waals surface area contributed by atoms with Gasteiger partial charge in [0.15, 0.2) is 11.6 Å². The van der Waals surface area contributed by atoms with Gasteiger partial charge in [0, 0.05) is 51.3 Å². The molecule has 0 N–H and O–H groups in total. The van der Waals surface area contributed by atoms with Gasteiger partial charge in [-0.1, -0.05) is 0 Å². The van der Waals surface area contributed by atoms with E-state index in [0.29, 0.717) is 31.3 Å². The summed E-state index contributed by atoms with van der Waals surface area (Å²) in [7, 11) is 3.26. The van der Waals surface area contributed by atoms with Crippen molar-refractivity contribution in [2.45, 2.75) is 38.8 Å². The van der Waals surface area contributed by atoms with Crippen molar-refractivity contribution in [2.75, 3.05) is 38.8 Å². The van der Waals surface area contributed by atoms with Crippen molar-refractivity contribution in [1.82, 2.24) is 14.9 Å². The molecule has 1 saturated heterocycles. The van der Waals surface area contributed by atoms with Crippen LogP contribution in [0.1, 0.15) is 36.1 Å². The van der Waals surface area contributed by atoms with E-state index < -0.39 is 11.6 Å². The Balaban J connectivity index is 1.45. The molecule has 2 aliphatic heterocycles. The number of methoxy groups -OCH3 is 2. The summed E-state index contributed by atoms with van der Waals surface area (Å²) < 4.78 is 44.8. The lowest BCUT2D eigenvalue weighted by atomic mass is 10.1. The first-order chi connectivity index (χ1) is 17.5. The first-order valence-corrected chi connectivity index (χ1v) is 12.2. The molecule has 36 heavy (non-hydrogen) atoms. The van der Waals surface area contributed by atoms with Crippen LogP contribution in [0.4, 0.5) is 14.7 Å². The second kappa shape index (κ2) is 10.7. The Morgan fingerprint density at radius 1 is 0.889 bits per heavy atom. The number of benzene rings is 2. The van der Waals surface area contributed by atoms with Crippen molar-refractivity contribution >= 4 is 5.95 Å². The molecule has 2 aromatic carbocycles. The lowest BCUT2D eigenvalue weighted by Gasteiger charge is -2.32. The van der Waals surface area contributed by atoms with E-state index in [4.69, 9.17) is 24.2 Å². The number of nitrogens with zero attached hydrogens (tertiary/aromatic N) is 4. The van der Waals surface area contributed by atoms with Gasteiger partial charge in [-0.25, -0.2) is 13.8 Å². The molecule has 0 amide bonds. The van der Waals surface area contributed by atoms with Gasteiger partial charge in [0.05, 0.1) is 25.5 Å². The SMILES string of the molecule is COc1cc(CN2CCc3nc(N4CCCCC4)nc(Oc4ccc(F)cc4F)c3C2)cc(OC)c1. The van der Waals surface area contributed by atoms with Gasteiger partial charge < -0.3 is 19.1 Å². The zero-order chi connectivity index (χ0) is 25.1. The van der Waals surface area contributed by atoms with Crippen molar-refractivity contribution in [1.29, 1.82) is 0 Å². The van der Waals surface area contributed by atoms with Crippen LogP contribution in [0.2, 0.25) is 0 Å². The van der Waals surface area contributed by atoms with Crippen molar-refractivity contribution in [3.63, 3.8) is 0 Å². The fourth-order valence-corrected chi connectivity index (χ4v) is 4.76. The van der Waals surface area contributed by atoms with Crippen LogP contribution >= 0.6 is 0 Å². The molecule has 9 heteroatoms. The van der Waals surface area contributed by atoms with E-state index in [9.17, 15) is 8.78 Å². The maximum atomic E-state index is 14.5. The normalized spacial score (nSPS) is 15.9. The predicted molar refractivity (Wildman–Crippen MR) is 132 cm³/mol. The summed E-state index contributed by atoms with van der Waals surface area (Å²) >= 11 is 0. The summed E-state index contributed by atoms with van der Waals surface area (Å²) in [5.41, 5.74) is 2.77. The quantitative estimate of drug-likeness (QED) is 0.450. The topological polar surface area (TPSA) is 60.0 Å². The van der Waals surface area contributed by atoms with Gasteiger partial charge in [-0.3, -0.25) is 4.90 Å². The molecule has 0 atom stereocenters. The molecular weight excluding hydrogens is 466 g/mol. The molecule has 0 bridgehead atoms. The Morgan fingerprint density at radius 3 is 2.33 bits per heavy atom. The van der Waals surface area contributed by atoms with Crippen molar-refractivity contribution in [2.24, 2.45) is 0 Å². The average molecular weight is 497 g/mol. The second-order valence-corrected chi connectivity index (χ2v) is 9.16. The molecule has 1 fully saturated rings. The largest absolute Gasteiger partial charge is 0.497 e. The van der Waals surface area contributed by atoms with Gasteiger partial charge >= 0.3 is 0 Å². The number of piperidine rings is 1. The lowest BCUT2D eigenvalue weighted by molar-refractivity contribution is 0.237. The summed E-state index contributed by atoms with van der Waals surface area (Å²) in [4.78, 5) is 14.0. The maximum absolute atomic E-state index is 14.5. The number of halogens is 2. The van der Waals surface area contributed by atoms with Crippen LogP contribution in [-0.2, 0) is 19.5 Å². The Labute approximate surface area is 209 Å². The van der Waals surface area contributed by atoms with Gasteiger partial charge in [0.2, 0.25) is 11.8 Å². The number of fused-ring (bicyclic) bond motifs is 1. The lowest BCUT2D eigenvalue weighted by Crippen LogP contribution is -2.34. The highest BCUT2D eigenvalue weighted by Crippen LogP contribution is 2.34. The maximum Gasteiger partial charge on any atom is 0.229 e. The zero-order valence-electron chi connectivity index (χ0n) is 20.6. The summed E-state index contributed by atoms with van der Waals surface area (Å²) in [6, 6.07) is 9.10. The molecule has 0 radical (unpaired) electrons. The van der Waals surface area contributed by atoms with Gasteiger partial charge in [0.25, 0.3) is 0 Å². The molecular formula is C27H30F2N4O3. The van der Waals surface area contributed by atoms with Crippen LogP contribution in [0, 0.1) is 11.6 Å². The van der Waals surface area contributed by atoms with Crippen molar-refractivity contribution < 1.29 is 23.0 Å². The van der Waals surface area contributed by atoms with Crippen LogP contribution in [0.15, 0.2) is 36.4 Å². The number of rotatable bonds is 7. The van der Waals surface area contributed by atoms with E-state index in [1.165, 1.54) is 18.6 Å². The molecule has 5 rings (SSSR count). The summed E-state index contributed by atoms with van der Waals surface area (Å²) in [6.45, 7) is 3.76. The van der Waals surface area contributed by atoms with Gasteiger partial charge in [0.1, 0.15) is 17.3 Å². The van der Waals surface area contributed by atoms with Crippen molar-refractivity contribution in [3.8, 4) is 23.1 Å². The molecule has 1 aromatic heterocycles. The van der Waals surface area contributed by atoms with Crippen LogP contribution in [0.5, 0.6) is 23.1 Å². The van der Waals surface area contributed by atoms with Crippen LogP contribution in [-0.4, -0.2) is 48.7 Å². The summed E-state index contributed by atoms with van der Waals surface area (Å²) in [6.07, 6.45) is 4.07. The van der Waals surface area contributed by atoms with Crippen LogP contribution in [0.25, 0.3) is 0 Å². The minimum absolute atomic E-state index is 0.0588. The molecule has 3 heterocycles. The number of hydrogen-bond donors (Lipinski definition) is 0. The molecule has 0 unspecified atom stereocenters. The van der Waals surface area contributed by atoms with E-state index in [0.717, 1.165) is 66.9 Å². The third-order valence-corrected chi connectivity index (χ3v) is 6.65. The van der Waals surface area contributed by atoms with E-state index >= 15 is 0 Å². The van der Waals surface area contributed by atoms with Gasteiger partial charge in [-0.2, -0.15) is 4.98 Å². The standard InChI is InChI=1S/C27H30F2N4O3/c1-34-20-12-18(13-21(15-20)35-2)16-32-11-8-24-22(17-32)26(36-25-7-6-19(28)14-23(25)29)31-27(30-24)33-9-4-3-5-10-33/h6-7,12-15H,3-5,8-11,16-17H2,1-2H3.